The Bertz CT molecular complexity index is 1260. The standard InChI is InChI=1S/C37H50.2ClH.Zr/c1-22(2)31-21-37(12,32-20-25(19-28(31)32)36(9,10)11)33-29-17-23(34(3,4)5)13-15-26(29)27-16-14-24(18-30(27)33)35(6,7)8;;;/h13-18,20,22,31,33H,19,21H2,1-12H3;2*1H;/q;;;+2/p-2. The van der Waals surface area contributed by atoms with Crippen LogP contribution < -0.4 is 24.8 Å². The zero-order chi connectivity index (χ0) is 27.3. The van der Waals surface area contributed by atoms with Crippen molar-refractivity contribution in [2.45, 2.75) is 113 Å². The second kappa shape index (κ2) is 11.5. The zero-order valence-corrected chi connectivity index (χ0v) is 30.9. The fourth-order valence-electron chi connectivity index (χ4n) is 7.44. The number of rotatable bonds is 2. The molecule has 40 heavy (non-hydrogen) atoms. The summed E-state index contributed by atoms with van der Waals surface area (Å²) in [6.07, 6.45) is 5.08. The van der Waals surface area contributed by atoms with Gasteiger partial charge in [-0.25, -0.2) is 0 Å². The topological polar surface area (TPSA) is 0 Å². The van der Waals surface area contributed by atoms with Gasteiger partial charge in [0.2, 0.25) is 0 Å². The summed E-state index contributed by atoms with van der Waals surface area (Å²) in [4.78, 5) is 0. The van der Waals surface area contributed by atoms with Crippen LogP contribution in [0.3, 0.4) is 0 Å². The summed E-state index contributed by atoms with van der Waals surface area (Å²) in [5.41, 5.74) is 14.6. The van der Waals surface area contributed by atoms with Crippen LogP contribution in [0.15, 0.2) is 59.2 Å². The van der Waals surface area contributed by atoms with Crippen molar-refractivity contribution in [2.75, 3.05) is 0 Å². The van der Waals surface area contributed by atoms with E-state index in [4.69, 9.17) is 0 Å². The first-order valence-electron chi connectivity index (χ1n) is 14.7. The summed E-state index contributed by atoms with van der Waals surface area (Å²) >= 11 is 0. The van der Waals surface area contributed by atoms with Crippen LogP contribution >= 0.6 is 0 Å². The maximum Gasteiger partial charge on any atom is 2.00 e. The molecule has 0 bridgehead atoms. The number of halogens is 2. The molecule has 0 spiro atoms. The molecule has 0 aromatic heterocycles. The molecule has 3 aliphatic carbocycles. The Kier molecular flexibility index (Phi) is 10.2. The van der Waals surface area contributed by atoms with E-state index in [1.54, 1.807) is 27.8 Å². The molecular weight excluding hydrogens is 607 g/mol. The molecule has 0 aliphatic heterocycles. The van der Waals surface area contributed by atoms with Crippen LogP contribution in [0.1, 0.15) is 124 Å². The molecule has 0 N–H and O–H groups in total. The molecule has 3 aliphatic rings. The third-order valence-corrected chi connectivity index (χ3v) is 9.90. The van der Waals surface area contributed by atoms with Gasteiger partial charge in [-0.1, -0.05) is 137 Å². The Morgan fingerprint density at radius 2 is 1.18 bits per heavy atom. The molecule has 2 aromatic rings. The van der Waals surface area contributed by atoms with Crippen molar-refractivity contribution in [3.05, 3.63) is 81.4 Å². The number of fused-ring (bicyclic) bond motifs is 3. The number of benzene rings is 2. The third-order valence-electron chi connectivity index (χ3n) is 9.90. The number of hydrogen-bond donors (Lipinski definition) is 0. The molecule has 0 heterocycles. The van der Waals surface area contributed by atoms with E-state index >= 15 is 0 Å². The zero-order valence-electron chi connectivity index (χ0n) is 26.9. The van der Waals surface area contributed by atoms with Crippen molar-refractivity contribution in [2.24, 2.45) is 22.7 Å². The van der Waals surface area contributed by atoms with Gasteiger partial charge in [0.05, 0.1) is 0 Å². The van der Waals surface area contributed by atoms with Crippen molar-refractivity contribution in [1.29, 1.82) is 0 Å². The van der Waals surface area contributed by atoms with Gasteiger partial charge in [0.25, 0.3) is 0 Å². The van der Waals surface area contributed by atoms with Gasteiger partial charge in [-0.15, -0.1) is 0 Å². The Labute approximate surface area is 277 Å². The van der Waals surface area contributed by atoms with Gasteiger partial charge in [-0.3, -0.25) is 0 Å². The van der Waals surface area contributed by atoms with Crippen LogP contribution in [0, 0.1) is 22.7 Å². The van der Waals surface area contributed by atoms with Crippen molar-refractivity contribution in [1.82, 2.24) is 0 Å². The average molecular weight is 657 g/mol. The van der Waals surface area contributed by atoms with Gasteiger partial charge in [0, 0.05) is 11.3 Å². The average Bonchev–Trinajstić information content (AvgIpc) is 3.42. The van der Waals surface area contributed by atoms with Crippen LogP contribution in [0.2, 0.25) is 0 Å². The van der Waals surface area contributed by atoms with E-state index in [0.717, 1.165) is 0 Å². The molecule has 2 atom stereocenters. The molecule has 2 unspecified atom stereocenters. The second-order valence-electron chi connectivity index (χ2n) is 16.0. The van der Waals surface area contributed by atoms with Gasteiger partial charge in [0.1, 0.15) is 0 Å². The Balaban J connectivity index is 0.00000187. The molecular formula is C37H50Cl2Zr. The Hall–Kier alpha value is -0.617. The fraction of sp³-hybridized carbons (Fsp3) is 0.568. The molecule has 0 saturated heterocycles. The van der Waals surface area contributed by atoms with E-state index in [1.165, 1.54) is 35.1 Å². The summed E-state index contributed by atoms with van der Waals surface area (Å²) in [5.74, 6) is 1.73. The Morgan fingerprint density at radius 3 is 1.55 bits per heavy atom. The van der Waals surface area contributed by atoms with E-state index in [-0.39, 0.29) is 72.7 Å². The van der Waals surface area contributed by atoms with Crippen LogP contribution in [0.4, 0.5) is 0 Å². The monoisotopic (exact) mass is 654 g/mol. The number of hydrogen-bond acceptors (Lipinski definition) is 0. The van der Waals surface area contributed by atoms with Gasteiger partial charge >= 0.3 is 26.2 Å². The molecule has 3 heteroatoms. The molecule has 216 valence electrons. The molecule has 5 rings (SSSR count). The molecule has 0 saturated carbocycles. The summed E-state index contributed by atoms with van der Waals surface area (Å²) in [6.45, 7) is 28.8. The molecule has 2 aromatic carbocycles. The predicted molar refractivity (Wildman–Crippen MR) is 161 cm³/mol. The van der Waals surface area contributed by atoms with Gasteiger partial charge < -0.3 is 24.8 Å². The summed E-state index contributed by atoms with van der Waals surface area (Å²) in [6, 6.07) is 14.8. The summed E-state index contributed by atoms with van der Waals surface area (Å²) in [5, 5.41) is 0. The van der Waals surface area contributed by atoms with Crippen molar-refractivity contribution in [3.63, 3.8) is 0 Å². The molecule has 0 radical (unpaired) electrons. The largest absolute Gasteiger partial charge is 2.00 e. The first-order valence-corrected chi connectivity index (χ1v) is 14.7. The van der Waals surface area contributed by atoms with Gasteiger partial charge in [0.15, 0.2) is 0 Å². The summed E-state index contributed by atoms with van der Waals surface area (Å²) in [7, 11) is 0. The van der Waals surface area contributed by atoms with Gasteiger partial charge in [-0.05, 0) is 79.9 Å². The van der Waals surface area contributed by atoms with E-state index in [1.807, 2.05) is 0 Å². The fourth-order valence-corrected chi connectivity index (χ4v) is 7.44. The maximum atomic E-state index is 2.65. The van der Waals surface area contributed by atoms with Crippen molar-refractivity contribution in [3.8, 4) is 11.1 Å². The first-order chi connectivity index (χ1) is 16.9. The van der Waals surface area contributed by atoms with E-state index < -0.39 is 0 Å². The van der Waals surface area contributed by atoms with Crippen LogP contribution in [-0.2, 0) is 37.0 Å². The molecule has 0 amide bonds. The minimum atomic E-state index is 0. The van der Waals surface area contributed by atoms with Crippen LogP contribution in [-0.4, -0.2) is 0 Å². The van der Waals surface area contributed by atoms with Gasteiger partial charge in [-0.2, -0.15) is 0 Å². The van der Waals surface area contributed by atoms with E-state index in [0.29, 0.717) is 17.8 Å². The maximum absolute atomic E-state index is 2.65. The van der Waals surface area contributed by atoms with Crippen molar-refractivity contribution >= 4 is 0 Å². The minimum Gasteiger partial charge on any atom is -1.00 e. The number of allylic oxidation sites excluding steroid dienone is 4. The minimum absolute atomic E-state index is 0. The summed E-state index contributed by atoms with van der Waals surface area (Å²) < 4.78 is 0. The van der Waals surface area contributed by atoms with E-state index in [2.05, 4.69) is 126 Å². The van der Waals surface area contributed by atoms with E-state index in [9.17, 15) is 0 Å². The predicted octanol–water partition coefficient (Wildman–Crippen LogP) is 4.75. The molecule has 0 fully saturated rings. The Morgan fingerprint density at radius 1 is 0.725 bits per heavy atom. The SMILES string of the molecule is CC(C)C1CC(C)(C2c3cc(C(C)(C)C)ccc3-c3ccc(C(C)(C)C)cc32)C2=C1CC(C(C)(C)C)=C2.[Cl-].[Cl-].[Zr+2]. The quantitative estimate of drug-likeness (QED) is 0.438. The molecule has 0 nitrogen and oxygen atoms in total. The second-order valence-corrected chi connectivity index (χ2v) is 16.0. The van der Waals surface area contributed by atoms with Crippen LogP contribution in [0.5, 0.6) is 0 Å². The first kappa shape index (κ1) is 35.6. The van der Waals surface area contributed by atoms with Crippen molar-refractivity contribution < 1.29 is 51.0 Å². The smallest absolute Gasteiger partial charge is 1.00 e. The third kappa shape index (κ3) is 5.80. The normalized spacial score (nSPS) is 22.2. The van der Waals surface area contributed by atoms with Crippen LogP contribution in [0.25, 0.3) is 11.1 Å².